The van der Waals surface area contributed by atoms with Gasteiger partial charge < -0.3 is 15.6 Å². The van der Waals surface area contributed by atoms with E-state index in [1.807, 2.05) is 30.5 Å². The third-order valence-corrected chi connectivity index (χ3v) is 5.58. The van der Waals surface area contributed by atoms with Crippen LogP contribution in [0.2, 0.25) is 5.02 Å². The third-order valence-electron chi connectivity index (χ3n) is 5.25. The van der Waals surface area contributed by atoms with Gasteiger partial charge >= 0.3 is 0 Å². The Kier molecular flexibility index (Phi) is 6.52. The minimum absolute atomic E-state index is 0.0118. The fourth-order valence-corrected chi connectivity index (χ4v) is 3.78. The number of amides is 2. The molecule has 3 N–H and O–H groups in total. The number of H-pyrrole nitrogens is 1. The largest absolute Gasteiger partial charge is 0.361 e. The summed E-state index contributed by atoms with van der Waals surface area (Å²) in [5.74, 6) is -1.28. The average molecular weight is 450 g/mol. The SMILES string of the molecule is O=C(NC(Cc1c[nH]c2ccccc12)C(=O)NCc1ccccc1F)c1ccccc1Cl. The number of halogens is 2. The van der Waals surface area contributed by atoms with E-state index < -0.39 is 23.7 Å². The molecule has 0 fully saturated rings. The molecule has 0 saturated heterocycles. The number of nitrogens with one attached hydrogen (secondary N) is 3. The lowest BCUT2D eigenvalue weighted by atomic mass is 10.0. The maximum atomic E-state index is 14.0. The molecule has 32 heavy (non-hydrogen) atoms. The Morgan fingerprint density at radius 2 is 1.66 bits per heavy atom. The van der Waals surface area contributed by atoms with Gasteiger partial charge in [-0.25, -0.2) is 4.39 Å². The molecule has 4 rings (SSSR count). The Morgan fingerprint density at radius 3 is 2.47 bits per heavy atom. The molecule has 2 amide bonds. The molecule has 1 heterocycles. The predicted octanol–water partition coefficient (Wildman–Crippen LogP) is 4.62. The number of hydrogen-bond donors (Lipinski definition) is 3. The molecule has 1 aromatic heterocycles. The second kappa shape index (κ2) is 9.66. The van der Waals surface area contributed by atoms with E-state index in [2.05, 4.69) is 15.6 Å². The molecule has 7 heteroatoms. The van der Waals surface area contributed by atoms with Crippen LogP contribution in [0.3, 0.4) is 0 Å². The average Bonchev–Trinajstić information content (AvgIpc) is 3.21. The summed E-state index contributed by atoms with van der Waals surface area (Å²) in [5.41, 5.74) is 2.46. The Bertz CT molecular complexity index is 1270. The van der Waals surface area contributed by atoms with E-state index in [1.54, 1.807) is 42.5 Å². The third kappa shape index (κ3) is 4.81. The zero-order valence-corrected chi connectivity index (χ0v) is 17.8. The van der Waals surface area contributed by atoms with Gasteiger partial charge in [0.15, 0.2) is 0 Å². The Hall–Kier alpha value is -3.64. The van der Waals surface area contributed by atoms with E-state index in [4.69, 9.17) is 11.6 Å². The summed E-state index contributed by atoms with van der Waals surface area (Å²) < 4.78 is 14.0. The molecule has 162 valence electrons. The van der Waals surface area contributed by atoms with Crippen molar-refractivity contribution >= 4 is 34.3 Å². The minimum Gasteiger partial charge on any atom is -0.361 e. The van der Waals surface area contributed by atoms with Crippen molar-refractivity contribution in [1.82, 2.24) is 15.6 Å². The van der Waals surface area contributed by atoms with Gasteiger partial charge in [-0.05, 0) is 29.8 Å². The zero-order valence-electron chi connectivity index (χ0n) is 17.1. The Balaban J connectivity index is 1.56. The molecule has 0 aliphatic rings. The number of para-hydroxylation sites is 1. The van der Waals surface area contributed by atoms with E-state index in [-0.39, 0.29) is 18.5 Å². The maximum Gasteiger partial charge on any atom is 0.253 e. The molecular weight excluding hydrogens is 429 g/mol. The molecule has 0 bridgehead atoms. The molecule has 1 atom stereocenters. The lowest BCUT2D eigenvalue weighted by Gasteiger charge is -2.19. The van der Waals surface area contributed by atoms with Crippen molar-refractivity contribution in [3.05, 3.63) is 107 Å². The number of hydrogen-bond acceptors (Lipinski definition) is 2. The van der Waals surface area contributed by atoms with E-state index in [0.717, 1.165) is 16.5 Å². The van der Waals surface area contributed by atoms with Crippen molar-refractivity contribution in [2.45, 2.75) is 19.0 Å². The fourth-order valence-electron chi connectivity index (χ4n) is 3.56. The fraction of sp³-hybridized carbons (Fsp3) is 0.120. The van der Waals surface area contributed by atoms with Crippen LogP contribution in [-0.2, 0) is 17.8 Å². The number of rotatable bonds is 7. The first-order chi connectivity index (χ1) is 15.5. The van der Waals surface area contributed by atoms with Crippen LogP contribution in [0, 0.1) is 5.82 Å². The lowest BCUT2D eigenvalue weighted by molar-refractivity contribution is -0.123. The molecule has 0 spiro atoms. The second-order valence-corrected chi connectivity index (χ2v) is 7.79. The number of benzene rings is 3. The highest BCUT2D eigenvalue weighted by Crippen LogP contribution is 2.20. The maximum absolute atomic E-state index is 14.0. The summed E-state index contributed by atoms with van der Waals surface area (Å²) in [6, 6.07) is 19.7. The van der Waals surface area contributed by atoms with E-state index in [9.17, 15) is 14.0 Å². The van der Waals surface area contributed by atoms with Crippen LogP contribution in [0.25, 0.3) is 10.9 Å². The Labute approximate surface area is 189 Å². The number of aromatic amines is 1. The molecule has 3 aromatic carbocycles. The lowest BCUT2D eigenvalue weighted by Crippen LogP contribution is -2.48. The van der Waals surface area contributed by atoms with E-state index in [0.29, 0.717) is 10.6 Å². The van der Waals surface area contributed by atoms with Gasteiger partial charge in [-0.15, -0.1) is 0 Å². The van der Waals surface area contributed by atoms with Gasteiger partial charge in [-0.3, -0.25) is 9.59 Å². The molecule has 4 aromatic rings. The normalized spacial score (nSPS) is 11.8. The molecule has 5 nitrogen and oxygen atoms in total. The highest BCUT2D eigenvalue weighted by molar-refractivity contribution is 6.33. The zero-order chi connectivity index (χ0) is 22.5. The molecule has 1 unspecified atom stereocenters. The molecule has 0 aliphatic carbocycles. The van der Waals surface area contributed by atoms with Gasteiger partial charge in [-0.2, -0.15) is 0 Å². The number of carbonyl (C=O) groups is 2. The predicted molar refractivity (Wildman–Crippen MR) is 123 cm³/mol. The minimum atomic E-state index is -0.884. The molecule has 0 aliphatic heterocycles. The first-order valence-corrected chi connectivity index (χ1v) is 10.5. The standard InChI is InChI=1S/C25H21ClFN3O2/c26-20-10-4-2-9-19(20)24(31)30-23(13-17-15-28-22-12-6-3-8-18(17)22)25(32)29-14-16-7-1-5-11-21(16)27/h1-12,15,23,28H,13-14H2,(H,29,32)(H,30,31). The van der Waals surface area contributed by atoms with Crippen molar-refractivity contribution in [1.29, 1.82) is 0 Å². The summed E-state index contributed by atoms with van der Waals surface area (Å²) in [6.07, 6.45) is 2.08. The first-order valence-electron chi connectivity index (χ1n) is 10.1. The number of fused-ring (bicyclic) bond motifs is 1. The summed E-state index contributed by atoms with van der Waals surface area (Å²) in [7, 11) is 0. The summed E-state index contributed by atoms with van der Waals surface area (Å²) in [6.45, 7) is 0.0118. The molecular formula is C25H21ClFN3O2. The van der Waals surface area contributed by atoms with Crippen LogP contribution in [0.4, 0.5) is 4.39 Å². The Morgan fingerprint density at radius 1 is 0.938 bits per heavy atom. The van der Waals surface area contributed by atoms with Crippen LogP contribution >= 0.6 is 11.6 Å². The van der Waals surface area contributed by atoms with Gasteiger partial charge in [-0.1, -0.05) is 60.1 Å². The van der Waals surface area contributed by atoms with Gasteiger partial charge in [0.1, 0.15) is 11.9 Å². The van der Waals surface area contributed by atoms with Crippen molar-refractivity contribution in [2.24, 2.45) is 0 Å². The van der Waals surface area contributed by atoms with E-state index >= 15 is 0 Å². The van der Waals surface area contributed by atoms with Crippen LogP contribution in [0.5, 0.6) is 0 Å². The smallest absolute Gasteiger partial charge is 0.253 e. The van der Waals surface area contributed by atoms with Gasteiger partial charge in [0.05, 0.1) is 10.6 Å². The highest BCUT2D eigenvalue weighted by Gasteiger charge is 2.24. The van der Waals surface area contributed by atoms with Crippen molar-refractivity contribution in [3.63, 3.8) is 0 Å². The molecule has 0 radical (unpaired) electrons. The highest BCUT2D eigenvalue weighted by atomic mass is 35.5. The van der Waals surface area contributed by atoms with Gasteiger partial charge in [0.25, 0.3) is 5.91 Å². The van der Waals surface area contributed by atoms with Gasteiger partial charge in [0, 0.05) is 35.6 Å². The van der Waals surface area contributed by atoms with Crippen LogP contribution in [0.15, 0.2) is 79.0 Å². The number of aromatic nitrogens is 1. The van der Waals surface area contributed by atoms with E-state index in [1.165, 1.54) is 6.07 Å². The first kappa shape index (κ1) is 21.6. The van der Waals surface area contributed by atoms with Gasteiger partial charge in [0.2, 0.25) is 5.91 Å². The summed E-state index contributed by atoms with van der Waals surface area (Å²) in [4.78, 5) is 29.1. The van der Waals surface area contributed by atoms with Crippen LogP contribution in [-0.4, -0.2) is 22.8 Å². The number of carbonyl (C=O) groups excluding carboxylic acids is 2. The second-order valence-electron chi connectivity index (χ2n) is 7.38. The topological polar surface area (TPSA) is 74.0 Å². The van der Waals surface area contributed by atoms with Crippen LogP contribution < -0.4 is 10.6 Å². The van der Waals surface area contributed by atoms with Crippen LogP contribution in [0.1, 0.15) is 21.5 Å². The van der Waals surface area contributed by atoms with Crippen molar-refractivity contribution in [2.75, 3.05) is 0 Å². The molecule has 0 saturated carbocycles. The monoisotopic (exact) mass is 449 g/mol. The summed E-state index contributed by atoms with van der Waals surface area (Å²) in [5, 5.41) is 6.78. The summed E-state index contributed by atoms with van der Waals surface area (Å²) >= 11 is 6.15. The van der Waals surface area contributed by atoms with Crippen molar-refractivity contribution < 1.29 is 14.0 Å². The quantitative estimate of drug-likeness (QED) is 0.385. The van der Waals surface area contributed by atoms with Crippen molar-refractivity contribution in [3.8, 4) is 0 Å².